The summed E-state index contributed by atoms with van der Waals surface area (Å²) in [5, 5.41) is 0.464. The van der Waals surface area contributed by atoms with Crippen molar-refractivity contribution >= 4 is 46.6 Å². The maximum absolute atomic E-state index is 13.4. The van der Waals surface area contributed by atoms with Crippen molar-refractivity contribution in [3.63, 3.8) is 0 Å². The predicted molar refractivity (Wildman–Crippen MR) is 123 cm³/mol. The van der Waals surface area contributed by atoms with E-state index in [1.807, 2.05) is 61.5 Å². The molecular formula is C24H19ClN2O2S. The first kappa shape index (κ1) is 20.3. The Balaban J connectivity index is 1.80. The molecule has 0 aromatic heterocycles. The van der Waals surface area contributed by atoms with Crippen molar-refractivity contribution in [2.75, 3.05) is 16.8 Å². The zero-order valence-electron chi connectivity index (χ0n) is 16.5. The standard InChI is InChI=1S/C24H19ClN2O2S/c1-16-11-13-20(14-12-16)30-22-21(26(2)18-8-4-3-5-9-18)23(28)27(24(22)29)19-10-6-7-17(25)15-19/h3-15H,1-2H3. The van der Waals surface area contributed by atoms with Crippen LogP contribution >= 0.6 is 23.4 Å². The minimum Gasteiger partial charge on any atom is -0.339 e. The van der Waals surface area contributed by atoms with Crippen molar-refractivity contribution in [3.05, 3.63) is 100 Å². The number of anilines is 2. The van der Waals surface area contributed by atoms with Gasteiger partial charge in [-0.15, -0.1) is 0 Å². The number of hydrogen-bond donors (Lipinski definition) is 0. The summed E-state index contributed by atoms with van der Waals surface area (Å²) in [6.07, 6.45) is 0. The van der Waals surface area contributed by atoms with Crippen LogP contribution in [0.4, 0.5) is 11.4 Å². The van der Waals surface area contributed by atoms with Crippen LogP contribution in [0.1, 0.15) is 5.56 Å². The van der Waals surface area contributed by atoms with E-state index in [-0.39, 0.29) is 11.8 Å². The highest BCUT2D eigenvalue weighted by Crippen LogP contribution is 2.39. The number of carbonyl (C=O) groups is 2. The summed E-state index contributed by atoms with van der Waals surface area (Å²) in [5.41, 5.74) is 2.75. The van der Waals surface area contributed by atoms with Crippen LogP contribution in [-0.4, -0.2) is 18.9 Å². The average Bonchev–Trinajstić information content (AvgIpc) is 2.99. The number of rotatable bonds is 5. The lowest BCUT2D eigenvalue weighted by Crippen LogP contribution is -2.34. The van der Waals surface area contributed by atoms with Crippen molar-refractivity contribution in [2.24, 2.45) is 0 Å². The van der Waals surface area contributed by atoms with Gasteiger partial charge in [0.25, 0.3) is 11.8 Å². The van der Waals surface area contributed by atoms with Crippen LogP contribution < -0.4 is 9.80 Å². The molecule has 0 radical (unpaired) electrons. The number of likely N-dealkylation sites (N-methyl/N-ethyl adjacent to an activating group) is 1. The van der Waals surface area contributed by atoms with Crippen LogP contribution in [0.5, 0.6) is 0 Å². The molecule has 3 aromatic rings. The number of nitrogens with zero attached hydrogens (tertiary/aromatic N) is 2. The second-order valence-electron chi connectivity index (χ2n) is 6.91. The molecule has 0 N–H and O–H groups in total. The SMILES string of the molecule is Cc1ccc(SC2=C(N(C)c3ccccc3)C(=O)N(c3cccc(Cl)c3)C2=O)cc1. The molecular weight excluding hydrogens is 416 g/mol. The van der Waals surface area contributed by atoms with Crippen LogP contribution in [0, 0.1) is 6.92 Å². The van der Waals surface area contributed by atoms with E-state index in [1.54, 1.807) is 36.2 Å². The van der Waals surface area contributed by atoms with Crippen molar-refractivity contribution in [1.29, 1.82) is 0 Å². The molecule has 0 saturated carbocycles. The number of imide groups is 1. The van der Waals surface area contributed by atoms with E-state index in [0.29, 0.717) is 21.3 Å². The third-order valence-electron chi connectivity index (χ3n) is 4.80. The maximum atomic E-state index is 13.4. The van der Waals surface area contributed by atoms with E-state index in [4.69, 9.17) is 11.6 Å². The van der Waals surface area contributed by atoms with Crippen LogP contribution in [0.3, 0.4) is 0 Å². The predicted octanol–water partition coefficient (Wildman–Crippen LogP) is 5.66. The molecule has 4 nitrogen and oxygen atoms in total. The highest BCUT2D eigenvalue weighted by atomic mass is 35.5. The lowest BCUT2D eigenvalue weighted by molar-refractivity contribution is -0.120. The van der Waals surface area contributed by atoms with Gasteiger partial charge in [0.1, 0.15) is 10.6 Å². The fourth-order valence-corrected chi connectivity index (χ4v) is 4.43. The summed E-state index contributed by atoms with van der Waals surface area (Å²) in [6.45, 7) is 2.01. The number of carbonyl (C=O) groups excluding carboxylic acids is 2. The molecule has 1 heterocycles. The molecule has 0 spiro atoms. The van der Waals surface area contributed by atoms with Crippen molar-refractivity contribution < 1.29 is 9.59 Å². The summed E-state index contributed by atoms with van der Waals surface area (Å²) in [5.74, 6) is -0.728. The number of para-hydroxylation sites is 1. The molecule has 0 aliphatic carbocycles. The normalized spacial score (nSPS) is 13.9. The van der Waals surface area contributed by atoms with Gasteiger partial charge in [0.2, 0.25) is 0 Å². The Kier molecular flexibility index (Phi) is 5.66. The van der Waals surface area contributed by atoms with Crippen LogP contribution in [0.15, 0.2) is 94.4 Å². The van der Waals surface area contributed by atoms with Crippen LogP contribution in [0.25, 0.3) is 0 Å². The minimum atomic E-state index is -0.372. The van der Waals surface area contributed by atoms with Gasteiger partial charge in [-0.25, -0.2) is 4.90 Å². The van der Waals surface area contributed by atoms with E-state index in [1.165, 1.54) is 16.7 Å². The van der Waals surface area contributed by atoms with Crippen molar-refractivity contribution in [1.82, 2.24) is 0 Å². The van der Waals surface area contributed by atoms with Gasteiger partial charge in [-0.05, 0) is 49.4 Å². The Bertz CT molecular complexity index is 1140. The number of amides is 2. The molecule has 3 aromatic carbocycles. The third kappa shape index (κ3) is 3.86. The van der Waals surface area contributed by atoms with Gasteiger partial charge in [0.05, 0.1) is 5.69 Å². The molecule has 0 saturated heterocycles. The number of halogens is 1. The Morgan fingerprint density at radius 2 is 1.57 bits per heavy atom. The van der Waals surface area contributed by atoms with E-state index in [9.17, 15) is 9.59 Å². The molecule has 1 aliphatic heterocycles. The first-order valence-electron chi connectivity index (χ1n) is 9.37. The Morgan fingerprint density at radius 3 is 2.23 bits per heavy atom. The maximum Gasteiger partial charge on any atom is 0.283 e. The van der Waals surface area contributed by atoms with Gasteiger partial charge >= 0.3 is 0 Å². The third-order valence-corrected chi connectivity index (χ3v) is 6.12. The molecule has 0 fully saturated rings. The average molecular weight is 435 g/mol. The lowest BCUT2D eigenvalue weighted by atomic mass is 10.2. The molecule has 150 valence electrons. The Hall–Kier alpha value is -3.02. The smallest absolute Gasteiger partial charge is 0.283 e. The summed E-state index contributed by atoms with van der Waals surface area (Å²) in [7, 11) is 1.80. The first-order valence-corrected chi connectivity index (χ1v) is 10.6. The zero-order chi connectivity index (χ0) is 21.3. The van der Waals surface area contributed by atoms with Gasteiger partial charge in [-0.2, -0.15) is 0 Å². The molecule has 0 atom stereocenters. The second-order valence-corrected chi connectivity index (χ2v) is 8.43. The fourth-order valence-electron chi connectivity index (χ4n) is 3.24. The summed E-state index contributed by atoms with van der Waals surface area (Å²) in [6, 6.07) is 24.2. The number of aryl methyl sites for hydroxylation is 1. The molecule has 2 amide bonds. The van der Waals surface area contributed by atoms with Crippen LogP contribution in [0.2, 0.25) is 5.02 Å². The van der Waals surface area contributed by atoms with Gasteiger partial charge < -0.3 is 4.90 Å². The molecule has 0 unspecified atom stereocenters. The molecule has 4 rings (SSSR count). The largest absolute Gasteiger partial charge is 0.339 e. The minimum absolute atomic E-state index is 0.344. The quantitative estimate of drug-likeness (QED) is 0.485. The topological polar surface area (TPSA) is 40.6 Å². The van der Waals surface area contributed by atoms with Crippen molar-refractivity contribution in [3.8, 4) is 0 Å². The van der Waals surface area contributed by atoms with Gasteiger partial charge in [-0.1, -0.05) is 65.3 Å². The van der Waals surface area contributed by atoms with E-state index < -0.39 is 0 Å². The van der Waals surface area contributed by atoms with E-state index in [0.717, 1.165) is 16.1 Å². The van der Waals surface area contributed by atoms with Crippen LogP contribution in [-0.2, 0) is 9.59 Å². The van der Waals surface area contributed by atoms with Gasteiger partial charge in [-0.3, -0.25) is 9.59 Å². The lowest BCUT2D eigenvalue weighted by Gasteiger charge is -2.21. The fraction of sp³-hybridized carbons (Fsp3) is 0.0833. The highest BCUT2D eigenvalue weighted by molar-refractivity contribution is 8.04. The summed E-state index contributed by atoms with van der Waals surface area (Å²) in [4.78, 5) is 31.1. The monoisotopic (exact) mass is 434 g/mol. The summed E-state index contributed by atoms with van der Waals surface area (Å²) >= 11 is 7.41. The Morgan fingerprint density at radius 1 is 0.867 bits per heavy atom. The van der Waals surface area contributed by atoms with Crippen molar-refractivity contribution in [2.45, 2.75) is 11.8 Å². The molecule has 0 bridgehead atoms. The van der Waals surface area contributed by atoms with E-state index >= 15 is 0 Å². The highest BCUT2D eigenvalue weighted by Gasteiger charge is 2.42. The number of thioether (sulfide) groups is 1. The van der Waals surface area contributed by atoms with E-state index in [2.05, 4.69) is 0 Å². The van der Waals surface area contributed by atoms with Gasteiger partial charge in [0.15, 0.2) is 0 Å². The molecule has 6 heteroatoms. The number of benzene rings is 3. The zero-order valence-corrected chi connectivity index (χ0v) is 18.1. The Labute approximate surface area is 184 Å². The summed E-state index contributed by atoms with van der Waals surface area (Å²) < 4.78 is 0. The van der Waals surface area contributed by atoms with Gasteiger partial charge in [0, 0.05) is 22.7 Å². The molecule has 30 heavy (non-hydrogen) atoms. The first-order chi connectivity index (χ1) is 14.5. The molecule has 1 aliphatic rings. The number of hydrogen-bond acceptors (Lipinski definition) is 4. The second kappa shape index (κ2) is 8.38.